The van der Waals surface area contributed by atoms with Gasteiger partial charge in [0.1, 0.15) is 9.84 Å². The second-order valence-electron chi connectivity index (χ2n) is 5.64. The van der Waals surface area contributed by atoms with Gasteiger partial charge < -0.3 is 10.1 Å². The van der Waals surface area contributed by atoms with Crippen LogP contribution in [0.5, 0.6) is 0 Å². The molecule has 0 amide bonds. The molecule has 1 aliphatic carbocycles. The van der Waals surface area contributed by atoms with Gasteiger partial charge in [-0.2, -0.15) is 0 Å². The van der Waals surface area contributed by atoms with Gasteiger partial charge in [0.15, 0.2) is 0 Å². The van der Waals surface area contributed by atoms with Crippen LogP contribution in [-0.2, 0) is 14.6 Å². The smallest absolute Gasteiger partial charge is 0.148 e. The monoisotopic (exact) mass is 277 g/mol. The van der Waals surface area contributed by atoms with Gasteiger partial charge >= 0.3 is 0 Å². The van der Waals surface area contributed by atoms with Crippen molar-refractivity contribution in [3.63, 3.8) is 0 Å². The molecular weight excluding hydrogens is 250 g/mol. The summed E-state index contributed by atoms with van der Waals surface area (Å²) in [6.07, 6.45) is 5.23. The average molecular weight is 277 g/mol. The third-order valence-corrected chi connectivity index (χ3v) is 4.78. The molecule has 0 aromatic carbocycles. The van der Waals surface area contributed by atoms with Crippen LogP contribution in [0.4, 0.5) is 0 Å². The van der Waals surface area contributed by atoms with E-state index in [0.717, 1.165) is 31.2 Å². The molecule has 0 radical (unpaired) electrons. The lowest BCUT2D eigenvalue weighted by atomic mass is 9.80. The van der Waals surface area contributed by atoms with Crippen molar-refractivity contribution in [2.45, 2.75) is 39.2 Å². The maximum absolute atomic E-state index is 10.9. The van der Waals surface area contributed by atoms with E-state index in [1.54, 1.807) is 0 Å². The summed E-state index contributed by atoms with van der Waals surface area (Å²) in [7, 11) is -2.85. The molecule has 1 fully saturated rings. The predicted octanol–water partition coefficient (Wildman–Crippen LogP) is 1.46. The Kier molecular flexibility index (Phi) is 6.60. The number of rotatable bonds is 7. The van der Waals surface area contributed by atoms with E-state index in [0.29, 0.717) is 19.3 Å². The highest BCUT2D eigenvalue weighted by Crippen LogP contribution is 2.30. The second-order valence-corrected chi connectivity index (χ2v) is 7.90. The van der Waals surface area contributed by atoms with Crippen molar-refractivity contribution in [2.24, 2.45) is 11.8 Å². The molecule has 0 bridgehead atoms. The van der Waals surface area contributed by atoms with E-state index in [-0.39, 0.29) is 5.75 Å². The summed E-state index contributed by atoms with van der Waals surface area (Å²) in [5, 5.41) is 3.10. The van der Waals surface area contributed by atoms with E-state index >= 15 is 0 Å². The van der Waals surface area contributed by atoms with Crippen LogP contribution in [0.2, 0.25) is 0 Å². The molecule has 1 N–H and O–H groups in total. The van der Waals surface area contributed by atoms with Gasteiger partial charge in [-0.05, 0) is 31.1 Å². The number of nitrogens with one attached hydrogen (secondary N) is 1. The molecule has 5 heteroatoms. The molecule has 108 valence electrons. The first-order valence-corrected chi connectivity index (χ1v) is 8.94. The summed E-state index contributed by atoms with van der Waals surface area (Å²) in [5.41, 5.74) is 0. The van der Waals surface area contributed by atoms with E-state index in [1.165, 1.54) is 12.7 Å². The Labute approximate surface area is 111 Å². The quantitative estimate of drug-likeness (QED) is 0.716. The predicted molar refractivity (Wildman–Crippen MR) is 74.5 cm³/mol. The fourth-order valence-corrected chi connectivity index (χ4v) is 2.84. The van der Waals surface area contributed by atoms with E-state index in [2.05, 4.69) is 19.2 Å². The first-order valence-electron chi connectivity index (χ1n) is 6.88. The molecule has 1 saturated carbocycles. The minimum Gasteiger partial charge on any atom is -0.377 e. The van der Waals surface area contributed by atoms with Crippen molar-refractivity contribution in [2.75, 3.05) is 31.7 Å². The standard InChI is InChI=1S/C13H27NO3S/c1-11-4-5-13(10-12(11)2)17-8-6-14-7-9-18(3,15)16/h11-14H,4-10H2,1-3H3. The second kappa shape index (κ2) is 7.46. The van der Waals surface area contributed by atoms with Gasteiger partial charge in [0.05, 0.1) is 18.5 Å². The summed E-state index contributed by atoms with van der Waals surface area (Å²) < 4.78 is 27.6. The lowest BCUT2D eigenvalue weighted by molar-refractivity contribution is 0.00447. The first kappa shape index (κ1) is 15.9. The molecule has 0 aliphatic heterocycles. The molecule has 0 aromatic heterocycles. The van der Waals surface area contributed by atoms with Gasteiger partial charge in [0.2, 0.25) is 0 Å². The highest BCUT2D eigenvalue weighted by Gasteiger charge is 2.24. The molecule has 0 saturated heterocycles. The highest BCUT2D eigenvalue weighted by atomic mass is 32.2. The summed E-state index contributed by atoms with van der Waals surface area (Å²) in [4.78, 5) is 0. The Morgan fingerprint density at radius 1 is 1.17 bits per heavy atom. The average Bonchev–Trinajstić information content (AvgIpc) is 2.26. The molecule has 18 heavy (non-hydrogen) atoms. The zero-order valence-corrected chi connectivity index (χ0v) is 12.6. The van der Waals surface area contributed by atoms with Crippen LogP contribution in [0.1, 0.15) is 33.1 Å². The molecule has 0 spiro atoms. The summed E-state index contributed by atoms with van der Waals surface area (Å²) in [6.45, 7) is 6.53. The summed E-state index contributed by atoms with van der Waals surface area (Å²) >= 11 is 0. The number of hydrogen-bond acceptors (Lipinski definition) is 4. The van der Waals surface area contributed by atoms with Crippen LogP contribution in [-0.4, -0.2) is 46.2 Å². The largest absolute Gasteiger partial charge is 0.377 e. The van der Waals surface area contributed by atoms with Gasteiger partial charge in [0, 0.05) is 19.3 Å². The van der Waals surface area contributed by atoms with E-state index < -0.39 is 9.84 Å². The fourth-order valence-electron chi connectivity index (χ4n) is 2.33. The molecule has 1 aliphatic rings. The van der Waals surface area contributed by atoms with Crippen molar-refractivity contribution < 1.29 is 13.2 Å². The van der Waals surface area contributed by atoms with Crippen molar-refractivity contribution in [1.82, 2.24) is 5.32 Å². The zero-order valence-electron chi connectivity index (χ0n) is 11.8. The molecule has 4 nitrogen and oxygen atoms in total. The lowest BCUT2D eigenvalue weighted by Gasteiger charge is -2.32. The van der Waals surface area contributed by atoms with E-state index in [1.807, 2.05) is 0 Å². The van der Waals surface area contributed by atoms with Crippen LogP contribution in [0.15, 0.2) is 0 Å². The van der Waals surface area contributed by atoms with Crippen LogP contribution in [0, 0.1) is 11.8 Å². The molecule has 0 aromatic rings. The molecule has 3 unspecified atom stereocenters. The Morgan fingerprint density at radius 2 is 1.89 bits per heavy atom. The maximum atomic E-state index is 10.9. The van der Waals surface area contributed by atoms with Crippen molar-refractivity contribution in [3.05, 3.63) is 0 Å². The van der Waals surface area contributed by atoms with E-state index in [4.69, 9.17) is 4.74 Å². The summed E-state index contributed by atoms with van der Waals surface area (Å²) in [6, 6.07) is 0. The zero-order chi connectivity index (χ0) is 13.6. The van der Waals surface area contributed by atoms with Crippen LogP contribution >= 0.6 is 0 Å². The SMILES string of the molecule is CC1CCC(OCCNCCS(C)(=O)=O)CC1C. The third-order valence-electron chi connectivity index (χ3n) is 3.83. The van der Waals surface area contributed by atoms with Gasteiger partial charge in [-0.3, -0.25) is 0 Å². The third kappa shape index (κ3) is 6.71. The van der Waals surface area contributed by atoms with Gasteiger partial charge in [-0.1, -0.05) is 13.8 Å². The topological polar surface area (TPSA) is 55.4 Å². The number of ether oxygens (including phenoxy) is 1. The molecule has 0 heterocycles. The minimum atomic E-state index is -2.85. The Balaban J connectivity index is 2.01. The van der Waals surface area contributed by atoms with Crippen molar-refractivity contribution in [1.29, 1.82) is 0 Å². The molecule has 1 rings (SSSR count). The summed E-state index contributed by atoms with van der Waals surface area (Å²) in [5.74, 6) is 1.77. The van der Waals surface area contributed by atoms with Crippen molar-refractivity contribution in [3.8, 4) is 0 Å². The fraction of sp³-hybridized carbons (Fsp3) is 1.00. The maximum Gasteiger partial charge on any atom is 0.148 e. The Morgan fingerprint density at radius 3 is 2.50 bits per heavy atom. The minimum absolute atomic E-state index is 0.199. The number of hydrogen-bond donors (Lipinski definition) is 1. The normalized spacial score (nSPS) is 29.4. The van der Waals surface area contributed by atoms with Crippen LogP contribution < -0.4 is 5.32 Å². The van der Waals surface area contributed by atoms with E-state index in [9.17, 15) is 8.42 Å². The Hall–Kier alpha value is -0.130. The van der Waals surface area contributed by atoms with Gasteiger partial charge in [0.25, 0.3) is 0 Å². The van der Waals surface area contributed by atoms with Crippen LogP contribution in [0.3, 0.4) is 0 Å². The first-order chi connectivity index (χ1) is 8.38. The Bertz CT molecular complexity index is 329. The highest BCUT2D eigenvalue weighted by molar-refractivity contribution is 7.90. The van der Waals surface area contributed by atoms with Crippen molar-refractivity contribution >= 4 is 9.84 Å². The van der Waals surface area contributed by atoms with Crippen LogP contribution in [0.25, 0.3) is 0 Å². The molecular formula is C13H27NO3S. The number of sulfone groups is 1. The molecule has 3 atom stereocenters. The van der Waals surface area contributed by atoms with Gasteiger partial charge in [-0.25, -0.2) is 8.42 Å². The van der Waals surface area contributed by atoms with Gasteiger partial charge in [-0.15, -0.1) is 0 Å². The lowest BCUT2D eigenvalue weighted by Crippen LogP contribution is -2.30.